The van der Waals surface area contributed by atoms with E-state index in [2.05, 4.69) is 5.32 Å². The van der Waals surface area contributed by atoms with Crippen molar-refractivity contribution in [3.63, 3.8) is 0 Å². The molecule has 1 saturated carbocycles. The standard InChI is InChI=1S/C27H32BFN2O6S/c1-16(2)15-38(34,35)31(13-17-12-28(33)36-14-17)23-11-24-22(10-21(23)18-4-5-18)25(27(32)30-3)26(37-24)19-6-8-20(29)9-7-19/h6-11,16-18,33H,4-5,12-15H2,1-3H3,(H,30,32). The molecule has 11 heteroatoms. The summed E-state index contributed by atoms with van der Waals surface area (Å²) in [5.41, 5.74) is 2.61. The second-order valence-corrected chi connectivity index (χ2v) is 12.6. The summed E-state index contributed by atoms with van der Waals surface area (Å²) in [5.74, 6) is -0.582. The first-order valence-electron chi connectivity index (χ1n) is 13.0. The van der Waals surface area contributed by atoms with Crippen LogP contribution in [0.3, 0.4) is 0 Å². The van der Waals surface area contributed by atoms with Gasteiger partial charge in [0.15, 0.2) is 0 Å². The van der Waals surface area contributed by atoms with Gasteiger partial charge in [-0.25, -0.2) is 12.8 Å². The van der Waals surface area contributed by atoms with E-state index in [0.717, 1.165) is 18.4 Å². The summed E-state index contributed by atoms with van der Waals surface area (Å²) in [4.78, 5) is 13.0. The molecule has 0 radical (unpaired) electrons. The summed E-state index contributed by atoms with van der Waals surface area (Å²) in [6.45, 7) is 4.16. The minimum atomic E-state index is -3.72. The predicted octanol–water partition coefficient (Wildman–Crippen LogP) is 4.40. The van der Waals surface area contributed by atoms with Crippen molar-refractivity contribution in [2.75, 3.05) is 30.3 Å². The molecular weight excluding hydrogens is 510 g/mol. The van der Waals surface area contributed by atoms with Crippen LogP contribution in [-0.4, -0.2) is 52.4 Å². The van der Waals surface area contributed by atoms with Gasteiger partial charge >= 0.3 is 7.12 Å². The van der Waals surface area contributed by atoms with Crippen molar-refractivity contribution in [1.82, 2.24) is 5.32 Å². The maximum atomic E-state index is 13.7. The van der Waals surface area contributed by atoms with Gasteiger partial charge in [0.2, 0.25) is 10.0 Å². The number of carbonyl (C=O) groups excluding carboxylic acids is 1. The summed E-state index contributed by atoms with van der Waals surface area (Å²) >= 11 is 0. The third-order valence-corrected chi connectivity index (χ3v) is 9.15. The number of rotatable bonds is 9. The lowest BCUT2D eigenvalue weighted by Gasteiger charge is -2.29. The number of hydrogen-bond donors (Lipinski definition) is 2. The Morgan fingerprint density at radius 3 is 2.53 bits per heavy atom. The first-order valence-corrected chi connectivity index (χ1v) is 14.6. The number of amides is 1. The first kappa shape index (κ1) is 26.7. The molecule has 1 aliphatic heterocycles. The number of anilines is 1. The van der Waals surface area contributed by atoms with Crippen molar-refractivity contribution in [2.24, 2.45) is 11.8 Å². The maximum Gasteiger partial charge on any atom is 0.454 e. The van der Waals surface area contributed by atoms with Crippen LogP contribution in [0.15, 0.2) is 40.8 Å². The molecule has 2 aromatic carbocycles. The molecule has 1 atom stereocenters. The second kappa shape index (κ2) is 10.4. The smallest absolute Gasteiger partial charge is 0.454 e. The molecule has 1 saturated heterocycles. The number of halogens is 1. The van der Waals surface area contributed by atoms with Crippen molar-refractivity contribution in [1.29, 1.82) is 0 Å². The monoisotopic (exact) mass is 542 g/mol. The van der Waals surface area contributed by atoms with Crippen LogP contribution >= 0.6 is 0 Å². The first-order chi connectivity index (χ1) is 18.1. The van der Waals surface area contributed by atoms with Crippen molar-refractivity contribution in [2.45, 2.75) is 38.9 Å². The van der Waals surface area contributed by atoms with Crippen molar-refractivity contribution in [3.05, 3.63) is 53.3 Å². The molecule has 1 aromatic heterocycles. The van der Waals surface area contributed by atoms with Gasteiger partial charge in [0.1, 0.15) is 17.2 Å². The van der Waals surface area contributed by atoms with E-state index in [1.54, 1.807) is 18.2 Å². The van der Waals surface area contributed by atoms with E-state index in [9.17, 15) is 22.6 Å². The van der Waals surface area contributed by atoms with E-state index in [-0.39, 0.29) is 42.6 Å². The number of sulfonamides is 1. The molecule has 0 spiro atoms. The van der Waals surface area contributed by atoms with Gasteiger partial charge < -0.3 is 19.4 Å². The fourth-order valence-electron chi connectivity index (χ4n) is 5.14. The lowest BCUT2D eigenvalue weighted by Crippen LogP contribution is -2.39. The van der Waals surface area contributed by atoms with Gasteiger partial charge in [0.05, 0.1) is 17.0 Å². The van der Waals surface area contributed by atoms with Crippen LogP contribution in [0.4, 0.5) is 10.1 Å². The molecule has 0 bridgehead atoms. The molecule has 2 aliphatic rings. The highest BCUT2D eigenvalue weighted by molar-refractivity contribution is 7.92. The molecule has 1 unspecified atom stereocenters. The molecule has 38 heavy (non-hydrogen) atoms. The lowest BCUT2D eigenvalue weighted by molar-refractivity contribution is 0.0964. The van der Waals surface area contributed by atoms with Crippen LogP contribution in [0.1, 0.15) is 48.5 Å². The maximum absolute atomic E-state index is 13.7. The van der Waals surface area contributed by atoms with Gasteiger partial charge in [-0.05, 0) is 72.8 Å². The van der Waals surface area contributed by atoms with Crippen LogP contribution in [-0.2, 0) is 14.7 Å². The Balaban J connectivity index is 1.70. The van der Waals surface area contributed by atoms with Crippen molar-refractivity contribution >= 4 is 39.7 Å². The number of fused-ring (bicyclic) bond motifs is 1. The normalized spacial score (nSPS) is 17.9. The molecule has 1 aliphatic carbocycles. The third kappa shape index (κ3) is 5.32. The van der Waals surface area contributed by atoms with E-state index < -0.39 is 23.0 Å². The lowest BCUT2D eigenvalue weighted by atomic mass is 9.82. The number of carbonyl (C=O) groups is 1. The highest BCUT2D eigenvalue weighted by Crippen LogP contribution is 2.48. The second-order valence-electron chi connectivity index (χ2n) is 10.7. The average Bonchev–Trinajstić information content (AvgIpc) is 3.52. The van der Waals surface area contributed by atoms with Gasteiger partial charge in [0, 0.05) is 37.2 Å². The number of nitrogens with zero attached hydrogens (tertiary/aromatic N) is 1. The highest BCUT2D eigenvalue weighted by atomic mass is 32.2. The SMILES string of the molecule is CNC(=O)c1c(-c2ccc(F)cc2)oc2cc(N(CC3COB(O)C3)S(=O)(=O)CC(C)C)c(C3CC3)cc12. The predicted molar refractivity (Wildman–Crippen MR) is 145 cm³/mol. The Morgan fingerprint density at radius 1 is 1.24 bits per heavy atom. The number of nitrogens with one attached hydrogen (secondary N) is 1. The summed E-state index contributed by atoms with van der Waals surface area (Å²) in [6.07, 6.45) is 2.19. The Hall–Kier alpha value is -2.89. The largest absolute Gasteiger partial charge is 0.455 e. The Labute approximate surface area is 222 Å². The van der Waals surface area contributed by atoms with Crippen LogP contribution in [0, 0.1) is 17.7 Å². The van der Waals surface area contributed by atoms with E-state index in [0.29, 0.717) is 39.9 Å². The zero-order valence-corrected chi connectivity index (χ0v) is 22.6. The molecule has 5 rings (SSSR count). The minimum Gasteiger partial charge on any atom is -0.455 e. The molecule has 8 nitrogen and oxygen atoms in total. The third-order valence-electron chi connectivity index (χ3n) is 7.05. The van der Waals surface area contributed by atoms with Gasteiger partial charge in [-0.15, -0.1) is 0 Å². The van der Waals surface area contributed by atoms with E-state index in [1.807, 2.05) is 19.9 Å². The van der Waals surface area contributed by atoms with Gasteiger partial charge in [0.25, 0.3) is 5.91 Å². The molecule has 202 valence electrons. The van der Waals surface area contributed by atoms with Crippen LogP contribution in [0.2, 0.25) is 6.32 Å². The summed E-state index contributed by atoms with van der Waals surface area (Å²) in [5, 5.41) is 13.1. The summed E-state index contributed by atoms with van der Waals surface area (Å²) < 4.78 is 54.0. The highest BCUT2D eigenvalue weighted by Gasteiger charge is 2.37. The number of hydrogen-bond acceptors (Lipinski definition) is 6. The molecule has 2 fully saturated rings. The Bertz CT molecular complexity index is 1450. The fraction of sp³-hybridized carbons (Fsp3) is 0.444. The van der Waals surface area contributed by atoms with Gasteiger partial charge in [-0.2, -0.15) is 0 Å². The van der Waals surface area contributed by atoms with Gasteiger partial charge in [-0.3, -0.25) is 9.10 Å². The molecule has 3 aromatic rings. The zero-order valence-electron chi connectivity index (χ0n) is 21.7. The van der Waals surface area contributed by atoms with E-state index in [4.69, 9.17) is 9.07 Å². The summed E-state index contributed by atoms with van der Waals surface area (Å²) in [6, 6.07) is 9.29. The average molecular weight is 542 g/mol. The summed E-state index contributed by atoms with van der Waals surface area (Å²) in [7, 11) is -3.10. The molecule has 2 heterocycles. The van der Waals surface area contributed by atoms with E-state index >= 15 is 0 Å². The molecule has 1 amide bonds. The number of benzene rings is 2. The van der Waals surface area contributed by atoms with E-state index in [1.165, 1.54) is 23.5 Å². The molecule has 2 N–H and O–H groups in total. The topological polar surface area (TPSA) is 109 Å². The van der Waals surface area contributed by atoms with Crippen LogP contribution in [0.25, 0.3) is 22.3 Å². The Kier molecular flexibility index (Phi) is 7.28. The van der Waals surface area contributed by atoms with Crippen LogP contribution < -0.4 is 9.62 Å². The quantitative estimate of drug-likeness (QED) is 0.388. The van der Waals surface area contributed by atoms with Crippen LogP contribution in [0.5, 0.6) is 0 Å². The molecular formula is C27H32BFN2O6S. The van der Waals surface area contributed by atoms with Crippen molar-refractivity contribution in [3.8, 4) is 11.3 Å². The fourth-order valence-corrected chi connectivity index (χ4v) is 7.06. The number of furan rings is 1. The van der Waals surface area contributed by atoms with Gasteiger partial charge in [-0.1, -0.05) is 13.8 Å². The zero-order chi connectivity index (χ0) is 27.2. The minimum absolute atomic E-state index is 0.0340. The van der Waals surface area contributed by atoms with Crippen molar-refractivity contribution < 1.29 is 31.7 Å². The Morgan fingerprint density at radius 2 is 1.95 bits per heavy atom.